The number of nitrogens with zero attached hydrogens (tertiary/aromatic N) is 1. The Hall–Kier alpha value is -1.06. The summed E-state index contributed by atoms with van der Waals surface area (Å²) in [5.41, 5.74) is 0.795. The number of aliphatic hydroxyl groups is 1. The van der Waals surface area contributed by atoms with Crippen LogP contribution in [-0.4, -0.2) is 29.5 Å². The van der Waals surface area contributed by atoms with E-state index in [-0.39, 0.29) is 19.1 Å². The summed E-state index contributed by atoms with van der Waals surface area (Å²) in [6.45, 7) is 2.49. The van der Waals surface area contributed by atoms with Crippen LogP contribution in [-0.2, 0) is 4.79 Å². The average Bonchev–Trinajstić information content (AvgIpc) is 2.77. The molecule has 0 aliphatic carbocycles. The molecule has 0 spiro atoms. The van der Waals surface area contributed by atoms with Gasteiger partial charge in [-0.15, -0.1) is 11.6 Å². The number of anilines is 1. The quantitative estimate of drug-likeness (QED) is 0.180. The van der Waals surface area contributed by atoms with Crippen LogP contribution >= 0.6 is 11.6 Å². The molecule has 1 atom stereocenters. The minimum absolute atomic E-state index is 0.0664. The number of halogens is 1. The highest BCUT2D eigenvalue weighted by molar-refractivity contribution is 6.32. The standard InChI is InChI=1S/C26H44ClNO2/c1-2-3-4-5-6-7-8-9-10-11-12-13-14-18-21-25(27)26(30)28(22-23-29)24-19-16-15-17-20-24/h15-17,19-20,25,29H,2-14,18,21-23H2,1H3. The summed E-state index contributed by atoms with van der Waals surface area (Å²) in [5, 5.41) is 8.78. The van der Waals surface area contributed by atoms with E-state index in [0.29, 0.717) is 6.42 Å². The van der Waals surface area contributed by atoms with Crippen molar-refractivity contribution in [3.05, 3.63) is 30.3 Å². The van der Waals surface area contributed by atoms with E-state index in [1.807, 2.05) is 30.3 Å². The van der Waals surface area contributed by atoms with E-state index in [1.165, 1.54) is 77.0 Å². The molecule has 3 nitrogen and oxygen atoms in total. The molecular formula is C26H44ClNO2. The van der Waals surface area contributed by atoms with Gasteiger partial charge in [0.25, 0.3) is 0 Å². The van der Waals surface area contributed by atoms with Gasteiger partial charge in [-0.3, -0.25) is 4.79 Å². The molecule has 1 amide bonds. The number of alkyl halides is 1. The van der Waals surface area contributed by atoms with Crippen LogP contribution in [0.5, 0.6) is 0 Å². The number of hydrogen-bond donors (Lipinski definition) is 1. The minimum Gasteiger partial charge on any atom is -0.395 e. The predicted octanol–water partition coefficient (Wildman–Crippen LogP) is 7.49. The molecule has 1 aromatic rings. The van der Waals surface area contributed by atoms with Gasteiger partial charge in [-0.05, 0) is 18.6 Å². The summed E-state index contributed by atoms with van der Waals surface area (Å²) in [5.74, 6) is -0.105. The van der Waals surface area contributed by atoms with Crippen molar-refractivity contribution in [2.24, 2.45) is 0 Å². The Morgan fingerprint density at radius 2 is 1.30 bits per heavy atom. The number of hydrogen-bond acceptors (Lipinski definition) is 2. The number of carbonyl (C=O) groups is 1. The molecule has 0 radical (unpaired) electrons. The predicted molar refractivity (Wildman–Crippen MR) is 130 cm³/mol. The maximum Gasteiger partial charge on any atom is 0.245 e. The third kappa shape index (κ3) is 12.6. The second-order valence-corrected chi connectivity index (χ2v) is 8.93. The summed E-state index contributed by atoms with van der Waals surface area (Å²) in [6, 6.07) is 9.46. The first-order chi connectivity index (χ1) is 14.7. The maximum absolute atomic E-state index is 12.7. The topological polar surface area (TPSA) is 40.5 Å². The Balaban J connectivity index is 2.04. The number of para-hydroxylation sites is 1. The van der Waals surface area contributed by atoms with Gasteiger partial charge in [0.15, 0.2) is 0 Å². The summed E-state index contributed by atoms with van der Waals surface area (Å²) in [4.78, 5) is 14.3. The van der Waals surface area contributed by atoms with Crippen LogP contribution in [0.25, 0.3) is 0 Å². The molecule has 0 heterocycles. The molecule has 30 heavy (non-hydrogen) atoms. The van der Waals surface area contributed by atoms with Gasteiger partial charge >= 0.3 is 0 Å². The summed E-state index contributed by atoms with van der Waals surface area (Å²) in [7, 11) is 0. The molecule has 0 aliphatic rings. The van der Waals surface area contributed by atoms with Gasteiger partial charge in [0.2, 0.25) is 5.91 Å². The third-order valence-corrected chi connectivity index (χ3v) is 6.14. The van der Waals surface area contributed by atoms with Crippen molar-refractivity contribution in [3.63, 3.8) is 0 Å². The van der Waals surface area contributed by atoms with Gasteiger partial charge in [-0.25, -0.2) is 0 Å². The molecule has 1 aromatic carbocycles. The van der Waals surface area contributed by atoms with Gasteiger partial charge < -0.3 is 10.0 Å². The maximum atomic E-state index is 12.7. The molecule has 0 fully saturated rings. The largest absolute Gasteiger partial charge is 0.395 e. The molecule has 172 valence electrons. The highest BCUT2D eigenvalue weighted by Gasteiger charge is 2.22. The van der Waals surface area contributed by atoms with E-state index in [2.05, 4.69) is 6.92 Å². The second kappa shape index (κ2) is 18.7. The van der Waals surface area contributed by atoms with Crippen LogP contribution in [0.4, 0.5) is 5.69 Å². The molecule has 4 heteroatoms. The van der Waals surface area contributed by atoms with Crippen LogP contribution < -0.4 is 4.90 Å². The van der Waals surface area contributed by atoms with Crippen LogP contribution in [0.3, 0.4) is 0 Å². The fraction of sp³-hybridized carbons (Fsp3) is 0.731. The molecule has 0 aromatic heterocycles. The van der Waals surface area contributed by atoms with Crippen molar-refractivity contribution in [3.8, 4) is 0 Å². The number of benzene rings is 1. The first-order valence-electron chi connectivity index (χ1n) is 12.3. The molecule has 1 N–H and O–H groups in total. The van der Waals surface area contributed by atoms with Crippen molar-refractivity contribution in [2.45, 2.75) is 109 Å². The van der Waals surface area contributed by atoms with Crippen LogP contribution in [0, 0.1) is 0 Å². The zero-order chi connectivity index (χ0) is 21.9. The lowest BCUT2D eigenvalue weighted by molar-refractivity contribution is -0.118. The third-order valence-electron chi connectivity index (χ3n) is 5.74. The van der Waals surface area contributed by atoms with Gasteiger partial charge in [0, 0.05) is 12.2 Å². The zero-order valence-electron chi connectivity index (χ0n) is 19.2. The van der Waals surface area contributed by atoms with Gasteiger partial charge in [0.1, 0.15) is 5.38 Å². The lowest BCUT2D eigenvalue weighted by atomic mass is 10.0. The first-order valence-corrected chi connectivity index (χ1v) is 12.8. The normalized spacial score (nSPS) is 12.1. The summed E-state index contributed by atoms with van der Waals surface area (Å²) in [6.07, 6.45) is 19.2. The molecule has 0 saturated carbocycles. The number of amides is 1. The number of aliphatic hydroxyl groups excluding tert-OH is 1. The Morgan fingerprint density at radius 1 is 0.833 bits per heavy atom. The number of unbranched alkanes of at least 4 members (excludes halogenated alkanes) is 13. The first kappa shape index (κ1) is 27.0. The average molecular weight is 438 g/mol. The van der Waals surface area contributed by atoms with Crippen molar-refractivity contribution in [1.29, 1.82) is 0 Å². The van der Waals surface area contributed by atoms with E-state index >= 15 is 0 Å². The monoisotopic (exact) mass is 437 g/mol. The van der Waals surface area contributed by atoms with E-state index < -0.39 is 5.38 Å². The fourth-order valence-corrected chi connectivity index (χ4v) is 4.16. The molecule has 0 bridgehead atoms. The van der Waals surface area contributed by atoms with Crippen LogP contribution in [0.2, 0.25) is 0 Å². The van der Waals surface area contributed by atoms with Crippen molar-refractivity contribution < 1.29 is 9.90 Å². The number of rotatable bonds is 19. The smallest absolute Gasteiger partial charge is 0.245 e. The molecule has 1 rings (SSSR count). The van der Waals surface area contributed by atoms with Crippen molar-refractivity contribution in [1.82, 2.24) is 0 Å². The number of carbonyl (C=O) groups excluding carboxylic acids is 1. The van der Waals surface area contributed by atoms with Crippen LogP contribution in [0.15, 0.2) is 30.3 Å². The van der Waals surface area contributed by atoms with E-state index in [9.17, 15) is 9.90 Å². The van der Waals surface area contributed by atoms with Gasteiger partial charge in [0.05, 0.1) is 6.61 Å². The van der Waals surface area contributed by atoms with E-state index in [4.69, 9.17) is 11.6 Å². The lowest BCUT2D eigenvalue weighted by Crippen LogP contribution is -2.38. The molecule has 1 unspecified atom stereocenters. The van der Waals surface area contributed by atoms with Crippen molar-refractivity contribution in [2.75, 3.05) is 18.1 Å². The van der Waals surface area contributed by atoms with E-state index in [0.717, 1.165) is 18.5 Å². The Labute approximate surface area is 190 Å². The van der Waals surface area contributed by atoms with Gasteiger partial charge in [-0.2, -0.15) is 0 Å². The summed E-state index contributed by atoms with van der Waals surface area (Å²) < 4.78 is 0. The molecule has 0 saturated heterocycles. The Bertz CT molecular complexity index is 523. The summed E-state index contributed by atoms with van der Waals surface area (Å²) >= 11 is 6.39. The molecular weight excluding hydrogens is 394 g/mol. The van der Waals surface area contributed by atoms with Gasteiger partial charge in [-0.1, -0.05) is 115 Å². The second-order valence-electron chi connectivity index (χ2n) is 8.40. The van der Waals surface area contributed by atoms with E-state index in [1.54, 1.807) is 4.90 Å². The highest BCUT2D eigenvalue weighted by Crippen LogP contribution is 2.20. The molecule has 0 aliphatic heterocycles. The Morgan fingerprint density at radius 3 is 1.77 bits per heavy atom. The fourth-order valence-electron chi connectivity index (χ4n) is 3.89. The van der Waals surface area contributed by atoms with Crippen LogP contribution in [0.1, 0.15) is 103 Å². The van der Waals surface area contributed by atoms with Crippen molar-refractivity contribution >= 4 is 23.2 Å². The highest BCUT2D eigenvalue weighted by atomic mass is 35.5. The lowest BCUT2D eigenvalue weighted by Gasteiger charge is -2.24. The minimum atomic E-state index is -0.519. The Kier molecular flexibility index (Phi) is 16.8. The zero-order valence-corrected chi connectivity index (χ0v) is 19.9. The SMILES string of the molecule is CCCCCCCCCCCCCCCCC(Cl)C(=O)N(CCO)c1ccccc1.